The molecule has 7 heteroatoms. The summed E-state index contributed by atoms with van der Waals surface area (Å²) in [6.45, 7) is 1.76. The van der Waals surface area contributed by atoms with Crippen LogP contribution >= 0.6 is 0 Å². The first-order valence-electron chi connectivity index (χ1n) is 7.00. The van der Waals surface area contributed by atoms with Gasteiger partial charge in [-0.25, -0.2) is 0 Å². The molecule has 0 unspecified atom stereocenters. The van der Waals surface area contributed by atoms with E-state index in [2.05, 4.69) is 15.6 Å². The highest BCUT2D eigenvalue weighted by molar-refractivity contribution is 6.02. The molecule has 0 spiro atoms. The predicted octanol–water partition coefficient (Wildman–Crippen LogP) is 2.64. The van der Waals surface area contributed by atoms with Crippen molar-refractivity contribution >= 4 is 11.7 Å². The Bertz CT molecular complexity index is 851. The normalized spacial score (nSPS) is 10.6. The molecule has 0 bridgehead atoms. The van der Waals surface area contributed by atoms with Crippen molar-refractivity contribution in [1.29, 1.82) is 0 Å². The van der Waals surface area contributed by atoms with E-state index in [9.17, 15) is 4.79 Å². The molecule has 0 aliphatic rings. The van der Waals surface area contributed by atoms with Gasteiger partial charge >= 0.3 is 0 Å². The molecule has 7 nitrogen and oxygen atoms in total. The fourth-order valence-electron chi connectivity index (χ4n) is 2.16. The molecule has 2 heterocycles. The van der Waals surface area contributed by atoms with E-state index >= 15 is 0 Å². The number of benzene rings is 1. The van der Waals surface area contributed by atoms with Crippen molar-refractivity contribution in [3.05, 3.63) is 47.9 Å². The Morgan fingerprint density at radius 3 is 2.83 bits per heavy atom. The minimum Gasteiger partial charge on any atom is -0.497 e. The molecular formula is C16H16N4O3. The van der Waals surface area contributed by atoms with Crippen LogP contribution < -0.4 is 10.1 Å². The zero-order valence-corrected chi connectivity index (χ0v) is 13.0. The lowest BCUT2D eigenvalue weighted by Crippen LogP contribution is -2.13. The number of amides is 1. The maximum Gasteiger partial charge on any atom is 0.295 e. The smallest absolute Gasteiger partial charge is 0.295 e. The molecule has 2 aromatic heterocycles. The third kappa shape index (κ3) is 3.08. The number of carbonyl (C=O) groups excluding carboxylic acids is 1. The van der Waals surface area contributed by atoms with E-state index in [4.69, 9.17) is 9.26 Å². The SMILES string of the molecule is COc1cccc(-c2cc(NC(=O)c3cc(C)no3)n(C)n2)c1. The van der Waals surface area contributed by atoms with E-state index in [-0.39, 0.29) is 11.7 Å². The molecule has 0 atom stereocenters. The fraction of sp³-hybridized carbons (Fsp3) is 0.188. The Hall–Kier alpha value is -3.09. The van der Waals surface area contributed by atoms with Crippen LogP contribution in [0.15, 0.2) is 40.9 Å². The number of carbonyl (C=O) groups is 1. The predicted molar refractivity (Wildman–Crippen MR) is 84.4 cm³/mol. The molecule has 1 N–H and O–H groups in total. The summed E-state index contributed by atoms with van der Waals surface area (Å²) in [4.78, 5) is 12.1. The molecule has 1 amide bonds. The van der Waals surface area contributed by atoms with Gasteiger partial charge in [0.15, 0.2) is 0 Å². The fourth-order valence-corrected chi connectivity index (χ4v) is 2.16. The van der Waals surface area contributed by atoms with Crippen LogP contribution in [-0.2, 0) is 7.05 Å². The lowest BCUT2D eigenvalue weighted by Gasteiger charge is -2.01. The minimum atomic E-state index is -0.370. The van der Waals surface area contributed by atoms with Crippen LogP contribution in [0.2, 0.25) is 0 Å². The van der Waals surface area contributed by atoms with Crippen molar-refractivity contribution in [2.24, 2.45) is 7.05 Å². The number of hydrogen-bond donors (Lipinski definition) is 1. The lowest BCUT2D eigenvalue weighted by molar-refractivity contribution is 0.0987. The second kappa shape index (κ2) is 5.96. The third-order valence-electron chi connectivity index (χ3n) is 3.34. The standard InChI is InChI=1S/C16H16N4O3/c1-10-7-14(23-19-10)16(21)17-15-9-13(18-20(15)2)11-5-4-6-12(8-11)22-3/h4-9H,1-3H3,(H,17,21). The van der Waals surface area contributed by atoms with Crippen LogP contribution in [-0.4, -0.2) is 28.0 Å². The van der Waals surface area contributed by atoms with E-state index in [1.807, 2.05) is 24.3 Å². The van der Waals surface area contributed by atoms with Crippen molar-refractivity contribution < 1.29 is 14.1 Å². The van der Waals surface area contributed by atoms with Gasteiger partial charge in [-0.2, -0.15) is 5.10 Å². The summed E-state index contributed by atoms with van der Waals surface area (Å²) in [5.41, 5.74) is 2.28. The summed E-state index contributed by atoms with van der Waals surface area (Å²) < 4.78 is 11.8. The first-order valence-corrected chi connectivity index (χ1v) is 7.00. The molecule has 0 aliphatic heterocycles. The largest absolute Gasteiger partial charge is 0.497 e. The monoisotopic (exact) mass is 312 g/mol. The Morgan fingerprint density at radius 2 is 2.13 bits per heavy atom. The molecule has 0 saturated heterocycles. The maximum absolute atomic E-state index is 12.1. The number of aromatic nitrogens is 3. The Labute approximate surface area is 132 Å². The highest BCUT2D eigenvalue weighted by Crippen LogP contribution is 2.25. The molecule has 23 heavy (non-hydrogen) atoms. The van der Waals surface area contributed by atoms with Crippen molar-refractivity contribution in [2.45, 2.75) is 6.92 Å². The number of nitrogens with zero attached hydrogens (tertiary/aromatic N) is 3. The number of ether oxygens (including phenoxy) is 1. The van der Waals surface area contributed by atoms with Crippen LogP contribution in [0.5, 0.6) is 5.75 Å². The van der Waals surface area contributed by atoms with Crippen molar-refractivity contribution in [2.75, 3.05) is 12.4 Å². The van der Waals surface area contributed by atoms with Gasteiger partial charge in [0.1, 0.15) is 11.6 Å². The average molecular weight is 312 g/mol. The van der Waals surface area contributed by atoms with Gasteiger partial charge in [0.2, 0.25) is 5.76 Å². The zero-order valence-electron chi connectivity index (χ0n) is 13.0. The van der Waals surface area contributed by atoms with Gasteiger partial charge in [-0.15, -0.1) is 0 Å². The molecule has 118 valence electrons. The van der Waals surface area contributed by atoms with Crippen LogP contribution in [0.1, 0.15) is 16.2 Å². The van der Waals surface area contributed by atoms with Gasteiger partial charge in [0.25, 0.3) is 5.91 Å². The van der Waals surface area contributed by atoms with Gasteiger partial charge in [-0.05, 0) is 19.1 Å². The van der Waals surface area contributed by atoms with E-state index < -0.39 is 0 Å². The third-order valence-corrected chi connectivity index (χ3v) is 3.34. The van der Waals surface area contributed by atoms with Crippen LogP contribution in [0.3, 0.4) is 0 Å². The van der Waals surface area contributed by atoms with Gasteiger partial charge in [0.05, 0.1) is 18.5 Å². The highest BCUT2D eigenvalue weighted by Gasteiger charge is 2.15. The topological polar surface area (TPSA) is 82.2 Å². The number of rotatable bonds is 4. The van der Waals surface area contributed by atoms with Gasteiger partial charge in [0, 0.05) is 24.7 Å². The number of methoxy groups -OCH3 is 1. The van der Waals surface area contributed by atoms with Gasteiger partial charge in [-0.3, -0.25) is 9.48 Å². The van der Waals surface area contributed by atoms with Crippen molar-refractivity contribution in [1.82, 2.24) is 14.9 Å². The minimum absolute atomic E-state index is 0.159. The van der Waals surface area contributed by atoms with E-state index in [1.165, 1.54) is 0 Å². The van der Waals surface area contributed by atoms with Gasteiger partial charge in [-0.1, -0.05) is 17.3 Å². The Morgan fingerprint density at radius 1 is 1.30 bits per heavy atom. The van der Waals surface area contributed by atoms with E-state index in [0.717, 1.165) is 17.0 Å². The summed E-state index contributed by atoms with van der Waals surface area (Å²) >= 11 is 0. The maximum atomic E-state index is 12.1. The summed E-state index contributed by atoms with van der Waals surface area (Å²) in [5, 5.41) is 10.9. The first-order chi connectivity index (χ1) is 11.1. The van der Waals surface area contributed by atoms with E-state index in [1.54, 1.807) is 37.9 Å². The summed E-state index contributed by atoms with van der Waals surface area (Å²) in [6.07, 6.45) is 0. The molecule has 0 fully saturated rings. The number of aryl methyl sites for hydroxylation is 2. The molecule has 3 rings (SSSR count). The van der Waals surface area contributed by atoms with Crippen molar-refractivity contribution in [3.63, 3.8) is 0 Å². The Kier molecular flexibility index (Phi) is 3.84. The molecule has 0 radical (unpaired) electrons. The average Bonchev–Trinajstić information content (AvgIpc) is 3.14. The second-order valence-electron chi connectivity index (χ2n) is 5.06. The quantitative estimate of drug-likeness (QED) is 0.801. The Balaban J connectivity index is 1.84. The highest BCUT2D eigenvalue weighted by atomic mass is 16.5. The van der Waals surface area contributed by atoms with Crippen LogP contribution in [0.4, 0.5) is 5.82 Å². The lowest BCUT2D eigenvalue weighted by atomic mass is 10.1. The molecule has 0 aliphatic carbocycles. The first kappa shape index (κ1) is 14.8. The van der Waals surface area contributed by atoms with E-state index in [0.29, 0.717) is 11.5 Å². The molecule has 1 aromatic carbocycles. The van der Waals surface area contributed by atoms with Crippen LogP contribution in [0, 0.1) is 6.92 Å². The summed E-state index contributed by atoms with van der Waals surface area (Å²) in [7, 11) is 3.37. The summed E-state index contributed by atoms with van der Waals surface area (Å²) in [6, 6.07) is 10.9. The zero-order chi connectivity index (χ0) is 16.4. The molecular weight excluding hydrogens is 296 g/mol. The number of hydrogen-bond acceptors (Lipinski definition) is 5. The summed E-state index contributed by atoms with van der Waals surface area (Å²) in [5.74, 6) is 1.09. The second-order valence-corrected chi connectivity index (χ2v) is 5.06. The molecule has 3 aromatic rings. The molecule has 0 saturated carbocycles. The number of anilines is 1. The van der Waals surface area contributed by atoms with Crippen LogP contribution in [0.25, 0.3) is 11.3 Å². The van der Waals surface area contributed by atoms with Crippen molar-refractivity contribution in [3.8, 4) is 17.0 Å². The van der Waals surface area contributed by atoms with Gasteiger partial charge < -0.3 is 14.6 Å². The number of nitrogens with one attached hydrogen (secondary N) is 1.